The fraction of sp³-hybridized carbons (Fsp3) is 0.500. The summed E-state index contributed by atoms with van der Waals surface area (Å²) in [5.74, 6) is -0.00196. The molecule has 2 fully saturated rings. The summed E-state index contributed by atoms with van der Waals surface area (Å²) in [4.78, 5) is 32.3. The van der Waals surface area contributed by atoms with Crippen molar-refractivity contribution in [3.8, 4) is 0 Å². The molecule has 1 saturated heterocycles. The standard InChI is InChI=1S/C26H32N4O2/c1-25(2)12-20-13-26(3,15-25)16-30(20)24(32)18-8-10-19(11-9-18)28-23(31)14-29-17-27-21-6-4-5-7-22(21)29/h5,7-11,17,20H,4,6,12-16H2,1-3H3,(H,28,31). The number of fused-ring (bicyclic) bond motifs is 3. The number of rotatable bonds is 4. The zero-order valence-corrected chi connectivity index (χ0v) is 19.2. The van der Waals surface area contributed by atoms with Gasteiger partial charge in [0.05, 0.1) is 17.7 Å². The first-order valence-electron chi connectivity index (χ1n) is 11.6. The molecule has 1 N–H and O–H groups in total. The highest BCUT2D eigenvalue weighted by Crippen LogP contribution is 2.52. The lowest BCUT2D eigenvalue weighted by molar-refractivity contribution is -0.116. The normalized spacial score (nSPS) is 25.5. The van der Waals surface area contributed by atoms with Crippen LogP contribution >= 0.6 is 0 Å². The lowest BCUT2D eigenvalue weighted by Gasteiger charge is -2.39. The molecule has 1 saturated carbocycles. The molecule has 1 aromatic heterocycles. The molecule has 1 aliphatic heterocycles. The summed E-state index contributed by atoms with van der Waals surface area (Å²) < 4.78 is 1.88. The first kappa shape index (κ1) is 21.0. The lowest BCUT2D eigenvalue weighted by Crippen LogP contribution is -2.37. The third-order valence-corrected chi connectivity index (χ3v) is 7.19. The predicted octanol–water partition coefficient (Wildman–Crippen LogP) is 4.52. The fourth-order valence-electron chi connectivity index (χ4n) is 6.27. The van der Waals surface area contributed by atoms with Crippen molar-refractivity contribution >= 4 is 23.6 Å². The van der Waals surface area contributed by atoms with E-state index in [1.165, 1.54) is 6.42 Å². The Morgan fingerprint density at radius 2 is 1.94 bits per heavy atom. The summed E-state index contributed by atoms with van der Waals surface area (Å²) >= 11 is 0. The molecule has 2 amide bonds. The summed E-state index contributed by atoms with van der Waals surface area (Å²) in [6.07, 6.45) is 11.1. The van der Waals surface area contributed by atoms with E-state index in [2.05, 4.69) is 42.0 Å². The highest BCUT2D eigenvalue weighted by Gasteiger charge is 2.51. The SMILES string of the molecule is CC1(C)CC2CC(C)(CN2C(=O)c2ccc(NC(=O)Cn3cnc4c3C=CCC4)cc2)C1. The molecule has 32 heavy (non-hydrogen) atoms. The van der Waals surface area contributed by atoms with Gasteiger partial charge in [0.2, 0.25) is 5.91 Å². The van der Waals surface area contributed by atoms with Crippen molar-refractivity contribution < 1.29 is 9.59 Å². The van der Waals surface area contributed by atoms with E-state index < -0.39 is 0 Å². The molecule has 0 radical (unpaired) electrons. The van der Waals surface area contributed by atoms with Gasteiger partial charge in [0.1, 0.15) is 6.54 Å². The van der Waals surface area contributed by atoms with Gasteiger partial charge in [0, 0.05) is 23.8 Å². The van der Waals surface area contributed by atoms with Crippen molar-refractivity contribution in [3.63, 3.8) is 0 Å². The zero-order chi connectivity index (χ0) is 22.5. The quantitative estimate of drug-likeness (QED) is 0.772. The number of allylic oxidation sites excluding steroid dienone is 1. The van der Waals surface area contributed by atoms with Crippen molar-refractivity contribution in [2.75, 3.05) is 11.9 Å². The number of carbonyl (C=O) groups is 2. The largest absolute Gasteiger partial charge is 0.335 e. The maximum Gasteiger partial charge on any atom is 0.254 e. The van der Waals surface area contributed by atoms with Gasteiger partial charge in [-0.15, -0.1) is 0 Å². The molecule has 1 aromatic carbocycles. The smallest absolute Gasteiger partial charge is 0.254 e. The number of benzene rings is 1. The minimum Gasteiger partial charge on any atom is -0.335 e. The van der Waals surface area contributed by atoms with E-state index in [4.69, 9.17) is 0 Å². The minimum absolute atomic E-state index is 0.103. The number of hydrogen-bond acceptors (Lipinski definition) is 3. The predicted molar refractivity (Wildman–Crippen MR) is 125 cm³/mol. The second kappa shape index (κ2) is 7.61. The molecule has 3 aliphatic rings. The first-order valence-corrected chi connectivity index (χ1v) is 11.6. The maximum absolute atomic E-state index is 13.2. The van der Waals surface area contributed by atoms with Crippen molar-refractivity contribution in [2.45, 2.75) is 65.5 Å². The lowest BCUT2D eigenvalue weighted by atomic mass is 9.65. The molecule has 5 rings (SSSR count). The summed E-state index contributed by atoms with van der Waals surface area (Å²) in [5, 5.41) is 2.94. The number of anilines is 1. The van der Waals surface area contributed by atoms with Gasteiger partial charge >= 0.3 is 0 Å². The number of imidazole rings is 1. The second-order valence-electron chi connectivity index (χ2n) is 10.9. The van der Waals surface area contributed by atoms with Crippen LogP contribution in [-0.4, -0.2) is 38.9 Å². The third-order valence-electron chi connectivity index (χ3n) is 7.19. The van der Waals surface area contributed by atoms with E-state index in [0.717, 1.165) is 43.6 Å². The Labute approximate surface area is 189 Å². The first-order chi connectivity index (χ1) is 15.2. The summed E-state index contributed by atoms with van der Waals surface area (Å²) in [6, 6.07) is 7.63. The second-order valence-corrected chi connectivity index (χ2v) is 10.9. The Morgan fingerprint density at radius 3 is 2.72 bits per heavy atom. The molecule has 2 heterocycles. The molecule has 0 spiro atoms. The zero-order valence-electron chi connectivity index (χ0n) is 19.2. The number of likely N-dealkylation sites (tertiary alicyclic amines) is 1. The van der Waals surface area contributed by atoms with Crippen LogP contribution in [0.3, 0.4) is 0 Å². The summed E-state index contributed by atoms with van der Waals surface area (Å²) in [7, 11) is 0. The minimum atomic E-state index is -0.105. The van der Waals surface area contributed by atoms with Gasteiger partial charge in [-0.1, -0.05) is 26.8 Å². The van der Waals surface area contributed by atoms with Crippen molar-refractivity contribution in [2.24, 2.45) is 10.8 Å². The molecule has 2 aliphatic carbocycles. The Kier molecular flexibility index (Phi) is 4.99. The topological polar surface area (TPSA) is 67.2 Å². The van der Waals surface area contributed by atoms with Crippen LogP contribution in [0.15, 0.2) is 36.7 Å². The van der Waals surface area contributed by atoms with Gasteiger partial charge in [-0.05, 0) is 73.3 Å². The van der Waals surface area contributed by atoms with E-state index in [-0.39, 0.29) is 29.2 Å². The van der Waals surface area contributed by atoms with Crippen LogP contribution in [0.4, 0.5) is 5.69 Å². The Morgan fingerprint density at radius 1 is 1.16 bits per heavy atom. The third kappa shape index (κ3) is 3.98. The van der Waals surface area contributed by atoms with Gasteiger partial charge in [0.15, 0.2) is 0 Å². The van der Waals surface area contributed by atoms with Gasteiger partial charge in [-0.2, -0.15) is 0 Å². The van der Waals surface area contributed by atoms with Crippen LogP contribution < -0.4 is 5.32 Å². The maximum atomic E-state index is 13.2. The number of hydrogen-bond donors (Lipinski definition) is 1. The number of nitrogens with one attached hydrogen (secondary N) is 1. The monoisotopic (exact) mass is 432 g/mol. The summed E-state index contributed by atoms with van der Waals surface area (Å²) in [5.41, 5.74) is 3.95. The highest BCUT2D eigenvalue weighted by atomic mass is 16.2. The van der Waals surface area contributed by atoms with E-state index >= 15 is 0 Å². The summed E-state index contributed by atoms with van der Waals surface area (Å²) in [6.45, 7) is 8.01. The molecular formula is C26H32N4O2. The van der Waals surface area contributed by atoms with Crippen molar-refractivity contribution in [3.05, 3.63) is 53.6 Å². The molecule has 6 nitrogen and oxygen atoms in total. The highest BCUT2D eigenvalue weighted by molar-refractivity contribution is 5.96. The molecule has 6 heteroatoms. The van der Waals surface area contributed by atoms with E-state index in [1.807, 2.05) is 34.9 Å². The van der Waals surface area contributed by atoms with Crippen LogP contribution in [0.5, 0.6) is 0 Å². The fourth-order valence-corrected chi connectivity index (χ4v) is 6.27. The van der Waals surface area contributed by atoms with E-state index in [0.29, 0.717) is 17.3 Å². The Balaban J connectivity index is 1.23. The van der Waals surface area contributed by atoms with Gasteiger partial charge in [-0.3, -0.25) is 9.59 Å². The Bertz CT molecular complexity index is 1080. The molecule has 2 unspecified atom stereocenters. The Hall–Kier alpha value is -2.89. The number of nitrogens with zero attached hydrogens (tertiary/aromatic N) is 3. The number of aryl methyl sites for hydroxylation is 1. The van der Waals surface area contributed by atoms with Gasteiger partial charge in [-0.25, -0.2) is 4.98 Å². The van der Waals surface area contributed by atoms with Gasteiger partial charge < -0.3 is 14.8 Å². The van der Waals surface area contributed by atoms with Crippen molar-refractivity contribution in [1.29, 1.82) is 0 Å². The van der Waals surface area contributed by atoms with Crippen LogP contribution in [-0.2, 0) is 17.8 Å². The van der Waals surface area contributed by atoms with Crippen LogP contribution in [0.1, 0.15) is 68.2 Å². The van der Waals surface area contributed by atoms with Crippen LogP contribution in [0.25, 0.3) is 6.08 Å². The number of carbonyl (C=O) groups excluding carboxylic acids is 2. The molecular weight excluding hydrogens is 400 g/mol. The average molecular weight is 433 g/mol. The average Bonchev–Trinajstić information content (AvgIpc) is 3.25. The van der Waals surface area contributed by atoms with E-state index in [9.17, 15) is 9.59 Å². The van der Waals surface area contributed by atoms with Crippen LogP contribution in [0, 0.1) is 10.8 Å². The number of amides is 2. The molecule has 2 aromatic rings. The van der Waals surface area contributed by atoms with Gasteiger partial charge in [0.25, 0.3) is 5.91 Å². The molecule has 2 atom stereocenters. The molecule has 2 bridgehead atoms. The van der Waals surface area contributed by atoms with Crippen LogP contribution in [0.2, 0.25) is 0 Å². The number of aromatic nitrogens is 2. The van der Waals surface area contributed by atoms with Crippen molar-refractivity contribution in [1.82, 2.24) is 14.5 Å². The molecule has 168 valence electrons. The van der Waals surface area contributed by atoms with E-state index in [1.54, 1.807) is 6.33 Å².